The van der Waals surface area contributed by atoms with Gasteiger partial charge in [-0.15, -0.1) is 16.8 Å². The van der Waals surface area contributed by atoms with Crippen molar-refractivity contribution in [1.29, 1.82) is 0 Å². The number of benzene rings is 1. The third-order valence-corrected chi connectivity index (χ3v) is 3.27. The van der Waals surface area contributed by atoms with Gasteiger partial charge in [0.15, 0.2) is 5.16 Å². The Morgan fingerprint density at radius 1 is 1.42 bits per heavy atom. The number of nitrogens with zero attached hydrogens (tertiary/aromatic N) is 3. The van der Waals surface area contributed by atoms with Crippen molar-refractivity contribution >= 4 is 17.7 Å². The lowest BCUT2D eigenvalue weighted by Crippen LogP contribution is -2.25. The Kier molecular flexibility index (Phi) is 4.74. The first-order chi connectivity index (χ1) is 9.31. The molecule has 19 heavy (non-hydrogen) atoms. The molecule has 6 heteroatoms. The monoisotopic (exact) mass is 274 g/mol. The number of hydrogen-bond donors (Lipinski definition) is 1. The Morgan fingerprint density at radius 3 is 2.95 bits per heavy atom. The van der Waals surface area contributed by atoms with Gasteiger partial charge in [-0.3, -0.25) is 9.36 Å². The average molecular weight is 274 g/mol. The van der Waals surface area contributed by atoms with Gasteiger partial charge in [0.05, 0.1) is 5.75 Å². The molecule has 0 saturated heterocycles. The summed E-state index contributed by atoms with van der Waals surface area (Å²) >= 11 is 1.35. The van der Waals surface area contributed by atoms with Crippen LogP contribution in [0.25, 0.3) is 5.69 Å². The van der Waals surface area contributed by atoms with E-state index in [2.05, 4.69) is 22.1 Å². The molecule has 0 saturated carbocycles. The Hall–Kier alpha value is -2.08. The average Bonchev–Trinajstić information content (AvgIpc) is 2.92. The summed E-state index contributed by atoms with van der Waals surface area (Å²) in [6, 6.07) is 9.76. The van der Waals surface area contributed by atoms with Gasteiger partial charge in [0.1, 0.15) is 6.33 Å². The zero-order chi connectivity index (χ0) is 13.5. The zero-order valence-electron chi connectivity index (χ0n) is 10.3. The fraction of sp³-hybridized carbons (Fsp3) is 0.154. The van der Waals surface area contributed by atoms with Gasteiger partial charge in [0.25, 0.3) is 0 Å². The highest BCUT2D eigenvalue weighted by atomic mass is 32.2. The first-order valence-electron chi connectivity index (χ1n) is 5.77. The minimum atomic E-state index is -0.0486. The van der Waals surface area contributed by atoms with Crippen LogP contribution in [-0.2, 0) is 4.79 Å². The molecule has 0 radical (unpaired) electrons. The van der Waals surface area contributed by atoms with E-state index >= 15 is 0 Å². The normalized spacial score (nSPS) is 10.1. The number of para-hydroxylation sites is 1. The van der Waals surface area contributed by atoms with E-state index in [0.29, 0.717) is 17.5 Å². The second-order valence-corrected chi connectivity index (χ2v) is 4.64. The molecule has 1 amide bonds. The molecule has 0 spiro atoms. The van der Waals surface area contributed by atoms with Crippen LogP contribution in [0.3, 0.4) is 0 Å². The van der Waals surface area contributed by atoms with E-state index in [9.17, 15) is 4.79 Å². The first kappa shape index (κ1) is 13.4. The molecule has 98 valence electrons. The summed E-state index contributed by atoms with van der Waals surface area (Å²) in [6.45, 7) is 4.03. The lowest BCUT2D eigenvalue weighted by molar-refractivity contribution is -0.118. The minimum absolute atomic E-state index is 0.0486. The van der Waals surface area contributed by atoms with E-state index in [0.717, 1.165) is 5.69 Å². The van der Waals surface area contributed by atoms with E-state index in [-0.39, 0.29) is 5.91 Å². The molecule has 0 fully saturated rings. The second kappa shape index (κ2) is 6.75. The van der Waals surface area contributed by atoms with E-state index < -0.39 is 0 Å². The maximum Gasteiger partial charge on any atom is 0.230 e. The Bertz CT molecular complexity index is 553. The topological polar surface area (TPSA) is 59.8 Å². The molecule has 5 nitrogen and oxygen atoms in total. The summed E-state index contributed by atoms with van der Waals surface area (Å²) in [5, 5.41) is 11.3. The van der Waals surface area contributed by atoms with Gasteiger partial charge in [-0.05, 0) is 12.1 Å². The summed E-state index contributed by atoms with van der Waals surface area (Å²) < 4.78 is 1.85. The summed E-state index contributed by atoms with van der Waals surface area (Å²) in [4.78, 5) is 11.5. The molecule has 2 rings (SSSR count). The molecule has 0 aliphatic carbocycles. The van der Waals surface area contributed by atoms with Gasteiger partial charge in [-0.25, -0.2) is 0 Å². The smallest absolute Gasteiger partial charge is 0.230 e. The van der Waals surface area contributed by atoms with Crippen LogP contribution >= 0.6 is 11.8 Å². The number of nitrogens with one attached hydrogen (secondary N) is 1. The number of carbonyl (C=O) groups excluding carboxylic acids is 1. The van der Waals surface area contributed by atoms with Crippen molar-refractivity contribution in [3.8, 4) is 5.69 Å². The van der Waals surface area contributed by atoms with Crippen molar-refractivity contribution in [2.24, 2.45) is 0 Å². The largest absolute Gasteiger partial charge is 0.352 e. The SMILES string of the molecule is C=CCNC(=O)CSc1nncn1-c1ccccc1. The zero-order valence-corrected chi connectivity index (χ0v) is 11.1. The Balaban J connectivity index is 2.01. The number of hydrogen-bond acceptors (Lipinski definition) is 4. The third kappa shape index (κ3) is 3.69. The van der Waals surface area contributed by atoms with Crippen molar-refractivity contribution in [3.05, 3.63) is 49.3 Å². The number of aromatic nitrogens is 3. The van der Waals surface area contributed by atoms with Crippen LogP contribution in [0.4, 0.5) is 0 Å². The predicted molar refractivity (Wildman–Crippen MR) is 75.3 cm³/mol. The van der Waals surface area contributed by atoms with E-state index in [4.69, 9.17) is 0 Å². The lowest BCUT2D eigenvalue weighted by atomic mass is 10.3. The summed E-state index contributed by atoms with van der Waals surface area (Å²) in [7, 11) is 0. The quantitative estimate of drug-likeness (QED) is 0.643. The second-order valence-electron chi connectivity index (χ2n) is 3.70. The van der Waals surface area contributed by atoms with Gasteiger partial charge in [-0.2, -0.15) is 0 Å². The highest BCUT2D eigenvalue weighted by Gasteiger charge is 2.09. The molecular weight excluding hydrogens is 260 g/mol. The van der Waals surface area contributed by atoms with Crippen LogP contribution in [-0.4, -0.2) is 33.0 Å². The van der Waals surface area contributed by atoms with E-state index in [1.54, 1.807) is 12.4 Å². The molecular formula is C13H14N4OS. The van der Waals surface area contributed by atoms with Crippen LogP contribution in [0, 0.1) is 0 Å². The van der Waals surface area contributed by atoms with E-state index in [1.807, 2.05) is 34.9 Å². The van der Waals surface area contributed by atoms with Crippen LogP contribution in [0.1, 0.15) is 0 Å². The van der Waals surface area contributed by atoms with Crippen LogP contribution in [0.5, 0.6) is 0 Å². The standard InChI is InChI=1S/C13H14N4OS/c1-2-8-14-12(18)9-19-13-16-15-10-17(13)11-6-4-3-5-7-11/h2-7,10H,1,8-9H2,(H,14,18). The van der Waals surface area contributed by atoms with Gasteiger partial charge in [0.2, 0.25) is 5.91 Å². The fourth-order valence-corrected chi connectivity index (χ4v) is 2.21. The highest BCUT2D eigenvalue weighted by molar-refractivity contribution is 7.99. The molecule has 0 aliphatic rings. The number of carbonyl (C=O) groups is 1. The van der Waals surface area contributed by atoms with Gasteiger partial charge in [-0.1, -0.05) is 36.0 Å². The molecule has 0 unspecified atom stereocenters. The van der Waals surface area contributed by atoms with Crippen LogP contribution < -0.4 is 5.32 Å². The summed E-state index contributed by atoms with van der Waals surface area (Å²) in [5.41, 5.74) is 0.974. The van der Waals surface area contributed by atoms with Crippen LogP contribution in [0.2, 0.25) is 0 Å². The molecule has 1 heterocycles. The van der Waals surface area contributed by atoms with Crippen molar-refractivity contribution < 1.29 is 4.79 Å². The maximum atomic E-state index is 11.5. The molecule has 1 N–H and O–H groups in total. The molecule has 0 atom stereocenters. The summed E-state index contributed by atoms with van der Waals surface area (Å²) in [6.07, 6.45) is 3.29. The highest BCUT2D eigenvalue weighted by Crippen LogP contribution is 2.18. The molecule has 2 aromatic rings. The number of amides is 1. The molecule has 1 aromatic heterocycles. The molecule has 0 bridgehead atoms. The summed E-state index contributed by atoms with van der Waals surface area (Å²) in [5.74, 6) is 0.256. The van der Waals surface area contributed by atoms with Gasteiger partial charge < -0.3 is 5.32 Å². The van der Waals surface area contributed by atoms with Crippen molar-refractivity contribution in [2.75, 3.05) is 12.3 Å². The van der Waals surface area contributed by atoms with E-state index in [1.165, 1.54) is 11.8 Å². The molecule has 1 aromatic carbocycles. The lowest BCUT2D eigenvalue weighted by Gasteiger charge is -2.05. The van der Waals surface area contributed by atoms with Gasteiger partial charge in [0, 0.05) is 12.2 Å². The van der Waals surface area contributed by atoms with Crippen LogP contribution in [0.15, 0.2) is 54.5 Å². The van der Waals surface area contributed by atoms with Gasteiger partial charge >= 0.3 is 0 Å². The number of rotatable bonds is 6. The fourth-order valence-electron chi connectivity index (χ4n) is 1.46. The van der Waals surface area contributed by atoms with Crippen molar-refractivity contribution in [3.63, 3.8) is 0 Å². The predicted octanol–water partition coefficient (Wildman–Crippen LogP) is 1.66. The Labute approximate surface area is 115 Å². The molecule has 0 aliphatic heterocycles. The number of thioether (sulfide) groups is 1. The van der Waals surface area contributed by atoms with Crippen molar-refractivity contribution in [1.82, 2.24) is 20.1 Å². The third-order valence-electron chi connectivity index (χ3n) is 2.33. The Morgan fingerprint density at radius 2 is 2.21 bits per heavy atom. The van der Waals surface area contributed by atoms with Crippen molar-refractivity contribution in [2.45, 2.75) is 5.16 Å². The first-order valence-corrected chi connectivity index (χ1v) is 6.75. The minimum Gasteiger partial charge on any atom is -0.352 e. The maximum absolute atomic E-state index is 11.5.